The molecule has 1 amide bonds. The molecule has 0 saturated heterocycles. The second kappa shape index (κ2) is 10.9. The molecule has 0 bridgehead atoms. The summed E-state index contributed by atoms with van der Waals surface area (Å²) in [4.78, 5) is 25.2. The average Bonchev–Trinajstić information content (AvgIpc) is 2.88. The van der Waals surface area contributed by atoms with Crippen LogP contribution in [0.25, 0.3) is 0 Å². The van der Waals surface area contributed by atoms with Crippen molar-refractivity contribution in [3.05, 3.63) is 77.3 Å². The Bertz CT molecular complexity index is 1380. The normalized spacial score (nSPS) is 12.5. The van der Waals surface area contributed by atoms with Gasteiger partial charge in [0.2, 0.25) is 5.91 Å². The van der Waals surface area contributed by atoms with E-state index in [0.717, 1.165) is 4.31 Å². The van der Waals surface area contributed by atoms with Crippen molar-refractivity contribution in [2.45, 2.75) is 11.8 Å². The zero-order chi connectivity index (χ0) is 25.7. The lowest BCUT2D eigenvalue weighted by molar-refractivity contribution is -0.114. The van der Waals surface area contributed by atoms with Gasteiger partial charge in [-0.1, -0.05) is 29.8 Å². The largest absolute Gasteiger partial charge is 0.486 e. The molecule has 0 spiro atoms. The fraction of sp³-hybridized carbons (Fsp3) is 0.200. The lowest BCUT2D eigenvalue weighted by atomic mass is 10.2. The quantitative estimate of drug-likeness (QED) is 0.436. The number of hydrogen-bond acceptors (Lipinski definition) is 7. The Labute approximate surface area is 213 Å². The first-order chi connectivity index (χ1) is 17.3. The highest BCUT2D eigenvalue weighted by Crippen LogP contribution is 2.35. The number of nitrogens with zero attached hydrogens (tertiary/aromatic N) is 1. The Balaban J connectivity index is 1.64. The van der Waals surface area contributed by atoms with E-state index < -0.39 is 28.4 Å². The summed E-state index contributed by atoms with van der Waals surface area (Å²) in [6, 6.07) is 16.8. The maximum absolute atomic E-state index is 13.5. The summed E-state index contributed by atoms with van der Waals surface area (Å²) in [5, 5.41) is 2.79. The van der Waals surface area contributed by atoms with Crippen LogP contribution in [0, 0.1) is 0 Å². The van der Waals surface area contributed by atoms with Crippen LogP contribution in [-0.4, -0.2) is 46.7 Å². The number of fused-ring (bicyclic) bond motifs is 1. The molecule has 3 aromatic rings. The number of hydrogen-bond donors (Lipinski definition) is 1. The number of rotatable bonds is 8. The third kappa shape index (κ3) is 5.55. The van der Waals surface area contributed by atoms with Crippen molar-refractivity contribution >= 4 is 44.9 Å². The minimum Gasteiger partial charge on any atom is -0.486 e. The van der Waals surface area contributed by atoms with Gasteiger partial charge in [0, 0.05) is 11.8 Å². The van der Waals surface area contributed by atoms with E-state index in [4.69, 9.17) is 25.8 Å². The van der Waals surface area contributed by atoms with Gasteiger partial charge >= 0.3 is 5.97 Å². The van der Waals surface area contributed by atoms with Gasteiger partial charge in [-0.2, -0.15) is 0 Å². The molecule has 188 valence electrons. The van der Waals surface area contributed by atoms with Crippen LogP contribution >= 0.6 is 11.6 Å². The lowest BCUT2D eigenvalue weighted by Crippen LogP contribution is -2.38. The standard InChI is InChI=1S/C25H23ClN2O7S/c1-2-33-25(30)20-14-17(8-10-21(20)26)27-24(29)16-28(36(31,32)19-6-4-3-5-7-19)18-9-11-22-23(15-18)35-13-12-34-22/h3-11,14-15H,2,12-13,16H2,1H3,(H,27,29). The maximum Gasteiger partial charge on any atom is 0.339 e. The second-order valence-corrected chi connectivity index (χ2v) is 9.89. The molecule has 0 saturated carbocycles. The predicted molar refractivity (Wildman–Crippen MR) is 134 cm³/mol. The SMILES string of the molecule is CCOC(=O)c1cc(NC(=O)CN(c2ccc3c(c2)OCCO3)S(=O)(=O)c2ccccc2)ccc1Cl. The van der Waals surface area contributed by atoms with Gasteiger partial charge in [0.15, 0.2) is 11.5 Å². The minimum absolute atomic E-state index is 0.0174. The van der Waals surface area contributed by atoms with Crippen LogP contribution in [0.1, 0.15) is 17.3 Å². The third-order valence-corrected chi connectivity index (χ3v) is 7.30. The van der Waals surface area contributed by atoms with Crippen molar-refractivity contribution in [3.8, 4) is 11.5 Å². The maximum atomic E-state index is 13.5. The Hall–Kier alpha value is -3.76. The second-order valence-electron chi connectivity index (χ2n) is 7.62. The van der Waals surface area contributed by atoms with Gasteiger partial charge in [-0.15, -0.1) is 0 Å². The molecule has 4 rings (SSSR count). The van der Waals surface area contributed by atoms with Crippen LogP contribution in [0.3, 0.4) is 0 Å². The molecule has 9 nitrogen and oxygen atoms in total. The highest BCUT2D eigenvalue weighted by molar-refractivity contribution is 7.92. The monoisotopic (exact) mass is 530 g/mol. The Morgan fingerprint density at radius 3 is 2.44 bits per heavy atom. The summed E-state index contributed by atoms with van der Waals surface area (Å²) in [6.45, 7) is 1.98. The Morgan fingerprint density at radius 2 is 1.72 bits per heavy atom. The van der Waals surface area contributed by atoms with Crippen LogP contribution in [0.2, 0.25) is 5.02 Å². The molecule has 1 heterocycles. The van der Waals surface area contributed by atoms with Gasteiger partial charge in [-0.25, -0.2) is 13.2 Å². The van der Waals surface area contributed by atoms with E-state index in [1.54, 1.807) is 37.3 Å². The summed E-state index contributed by atoms with van der Waals surface area (Å²) in [7, 11) is -4.12. The summed E-state index contributed by atoms with van der Waals surface area (Å²) >= 11 is 6.09. The van der Waals surface area contributed by atoms with Crippen molar-refractivity contribution in [3.63, 3.8) is 0 Å². The van der Waals surface area contributed by atoms with Crippen LogP contribution in [0.4, 0.5) is 11.4 Å². The van der Waals surface area contributed by atoms with E-state index in [9.17, 15) is 18.0 Å². The van der Waals surface area contributed by atoms with Crippen LogP contribution in [-0.2, 0) is 19.6 Å². The highest BCUT2D eigenvalue weighted by atomic mass is 35.5. The van der Waals surface area contributed by atoms with Crippen molar-refractivity contribution in [1.82, 2.24) is 0 Å². The number of anilines is 2. The molecular formula is C25H23ClN2O7S. The molecule has 0 radical (unpaired) electrons. The van der Waals surface area contributed by atoms with Crippen LogP contribution < -0.4 is 19.1 Å². The molecule has 1 aliphatic heterocycles. The van der Waals surface area contributed by atoms with Crippen molar-refractivity contribution in [1.29, 1.82) is 0 Å². The topological polar surface area (TPSA) is 111 Å². The summed E-state index contributed by atoms with van der Waals surface area (Å²) in [5.41, 5.74) is 0.560. The fourth-order valence-corrected chi connectivity index (χ4v) is 5.15. The molecule has 1 N–H and O–H groups in total. The first kappa shape index (κ1) is 25.3. The van der Waals surface area contributed by atoms with E-state index >= 15 is 0 Å². The number of amides is 1. The van der Waals surface area contributed by atoms with Crippen molar-refractivity contribution in [2.24, 2.45) is 0 Å². The number of esters is 1. The van der Waals surface area contributed by atoms with Gasteiger partial charge in [0.05, 0.1) is 27.8 Å². The van der Waals surface area contributed by atoms with Crippen LogP contribution in [0.5, 0.6) is 11.5 Å². The van der Waals surface area contributed by atoms with Gasteiger partial charge in [0.25, 0.3) is 10.0 Å². The first-order valence-electron chi connectivity index (χ1n) is 11.0. The number of carbonyl (C=O) groups excluding carboxylic acids is 2. The van der Waals surface area contributed by atoms with Gasteiger partial charge in [-0.05, 0) is 49.4 Å². The number of sulfonamides is 1. The van der Waals surface area contributed by atoms with Gasteiger partial charge in [0.1, 0.15) is 19.8 Å². The van der Waals surface area contributed by atoms with Crippen LogP contribution in [0.15, 0.2) is 71.6 Å². The van der Waals surface area contributed by atoms with E-state index in [-0.39, 0.29) is 33.5 Å². The molecule has 0 aromatic heterocycles. The molecular weight excluding hydrogens is 508 g/mol. The average molecular weight is 531 g/mol. The molecule has 1 aliphatic rings. The lowest BCUT2D eigenvalue weighted by Gasteiger charge is -2.26. The van der Waals surface area contributed by atoms with E-state index in [0.29, 0.717) is 24.7 Å². The van der Waals surface area contributed by atoms with Gasteiger partial charge < -0.3 is 19.5 Å². The van der Waals surface area contributed by atoms with Crippen molar-refractivity contribution < 1.29 is 32.2 Å². The summed E-state index contributed by atoms with van der Waals surface area (Å²) in [5.74, 6) is -0.409. The highest BCUT2D eigenvalue weighted by Gasteiger charge is 2.28. The molecule has 0 fully saturated rings. The third-order valence-electron chi connectivity index (χ3n) is 5.18. The summed E-state index contributed by atoms with van der Waals surface area (Å²) in [6.07, 6.45) is 0. The fourth-order valence-electron chi connectivity index (χ4n) is 3.52. The zero-order valence-electron chi connectivity index (χ0n) is 19.3. The Morgan fingerprint density at radius 1 is 1.00 bits per heavy atom. The number of halogens is 1. The first-order valence-corrected chi connectivity index (χ1v) is 12.9. The minimum atomic E-state index is -4.12. The molecule has 0 atom stereocenters. The van der Waals surface area contributed by atoms with E-state index in [1.165, 1.54) is 36.4 Å². The zero-order valence-corrected chi connectivity index (χ0v) is 20.8. The Kier molecular flexibility index (Phi) is 7.66. The molecule has 0 unspecified atom stereocenters. The van der Waals surface area contributed by atoms with Crippen molar-refractivity contribution in [2.75, 3.05) is 36.0 Å². The number of carbonyl (C=O) groups is 2. The number of nitrogens with one attached hydrogen (secondary N) is 1. The van der Waals surface area contributed by atoms with E-state index in [2.05, 4.69) is 5.32 Å². The van der Waals surface area contributed by atoms with Gasteiger partial charge in [-0.3, -0.25) is 9.10 Å². The molecule has 3 aromatic carbocycles. The smallest absolute Gasteiger partial charge is 0.339 e. The molecule has 11 heteroatoms. The summed E-state index contributed by atoms with van der Waals surface area (Å²) < 4.78 is 44.2. The molecule has 36 heavy (non-hydrogen) atoms. The predicted octanol–water partition coefficient (Wildman–Crippen LogP) is 4.12. The molecule has 0 aliphatic carbocycles. The number of ether oxygens (including phenoxy) is 3. The number of benzene rings is 3. The van der Waals surface area contributed by atoms with E-state index in [1.807, 2.05) is 0 Å².